The molecule has 0 amide bonds. The van der Waals surface area contributed by atoms with Gasteiger partial charge >= 0.3 is 19.6 Å². The molecule has 0 radical (unpaired) electrons. The summed E-state index contributed by atoms with van der Waals surface area (Å²) in [5, 5.41) is 12.1. The molecular formula is C21H35N4O7P. The zero-order valence-electron chi connectivity index (χ0n) is 20.2. The molecule has 186 valence electrons. The van der Waals surface area contributed by atoms with Crippen LogP contribution in [0.25, 0.3) is 0 Å². The summed E-state index contributed by atoms with van der Waals surface area (Å²) in [7, 11) is -2.75. The first-order valence-corrected chi connectivity index (χ1v) is 12.0. The smallest absolute Gasteiger partial charge is 0.442 e. The van der Waals surface area contributed by atoms with E-state index in [0.29, 0.717) is 0 Å². The number of guanidine groups is 1. The number of nitrogens with one attached hydrogen (secondary N) is 2. The SMILES string of the molecule is CC(C)OC(=O)C(C)NP(=O)(N=C(NO)N(C)CC(=O)OCC(C)(C)C)Oc1ccccc1. The number of para-hydroxylation sites is 1. The molecule has 2 atom stereocenters. The van der Waals surface area contributed by atoms with Crippen molar-refractivity contribution in [2.75, 3.05) is 20.2 Å². The molecule has 0 saturated carbocycles. The Hall–Kier alpha value is -2.62. The van der Waals surface area contributed by atoms with Gasteiger partial charge < -0.3 is 18.9 Å². The fourth-order valence-electron chi connectivity index (χ4n) is 2.25. The Morgan fingerprint density at radius 3 is 2.30 bits per heavy atom. The van der Waals surface area contributed by atoms with E-state index < -0.39 is 25.7 Å². The van der Waals surface area contributed by atoms with Crippen LogP contribution in [0.4, 0.5) is 0 Å². The molecule has 1 aromatic rings. The summed E-state index contributed by atoms with van der Waals surface area (Å²) >= 11 is 0. The van der Waals surface area contributed by atoms with Gasteiger partial charge in [0.15, 0.2) is 0 Å². The van der Waals surface area contributed by atoms with E-state index in [1.165, 1.54) is 18.9 Å². The Kier molecular flexibility index (Phi) is 10.8. The van der Waals surface area contributed by atoms with Gasteiger partial charge in [-0.1, -0.05) is 39.0 Å². The molecule has 0 aliphatic carbocycles. The highest BCUT2D eigenvalue weighted by Crippen LogP contribution is 2.45. The van der Waals surface area contributed by atoms with Crippen LogP contribution < -0.4 is 15.1 Å². The van der Waals surface area contributed by atoms with Crippen molar-refractivity contribution in [2.45, 2.75) is 53.7 Å². The number of rotatable bonds is 10. The zero-order chi connectivity index (χ0) is 25.2. The molecular weight excluding hydrogens is 451 g/mol. The first-order chi connectivity index (χ1) is 15.2. The highest BCUT2D eigenvalue weighted by molar-refractivity contribution is 7.56. The Labute approximate surface area is 195 Å². The summed E-state index contributed by atoms with van der Waals surface area (Å²) in [6.45, 7) is 10.5. The lowest BCUT2D eigenvalue weighted by Crippen LogP contribution is -2.42. The third-order valence-electron chi connectivity index (χ3n) is 3.75. The van der Waals surface area contributed by atoms with Crippen LogP contribution in [0.5, 0.6) is 5.75 Å². The Bertz CT molecular complexity index is 856. The van der Waals surface area contributed by atoms with Gasteiger partial charge in [0.1, 0.15) is 18.3 Å². The van der Waals surface area contributed by atoms with Crippen molar-refractivity contribution in [3.05, 3.63) is 30.3 Å². The minimum Gasteiger partial charge on any atom is -0.464 e. The molecule has 0 spiro atoms. The third-order valence-corrected chi connectivity index (χ3v) is 5.38. The largest absolute Gasteiger partial charge is 0.464 e. The van der Waals surface area contributed by atoms with Gasteiger partial charge in [0.25, 0.3) is 0 Å². The van der Waals surface area contributed by atoms with Gasteiger partial charge in [-0.15, -0.1) is 4.76 Å². The summed E-state index contributed by atoms with van der Waals surface area (Å²) in [4.78, 5) is 25.6. The maximum absolute atomic E-state index is 13.6. The van der Waals surface area contributed by atoms with Crippen LogP contribution in [0.1, 0.15) is 41.5 Å². The molecule has 12 heteroatoms. The molecule has 2 unspecified atom stereocenters. The van der Waals surface area contributed by atoms with Gasteiger partial charge in [-0.25, -0.2) is 15.1 Å². The highest BCUT2D eigenvalue weighted by atomic mass is 31.2. The van der Waals surface area contributed by atoms with E-state index in [1.54, 1.807) is 44.2 Å². The first-order valence-electron chi connectivity index (χ1n) is 10.4. The molecule has 11 nitrogen and oxygen atoms in total. The van der Waals surface area contributed by atoms with Crippen molar-refractivity contribution in [2.24, 2.45) is 10.2 Å². The van der Waals surface area contributed by atoms with Crippen molar-refractivity contribution in [3.63, 3.8) is 0 Å². The molecule has 0 fully saturated rings. The normalized spacial score (nSPS) is 14.8. The van der Waals surface area contributed by atoms with Crippen molar-refractivity contribution in [1.29, 1.82) is 0 Å². The molecule has 1 rings (SSSR count). The van der Waals surface area contributed by atoms with E-state index in [4.69, 9.17) is 14.0 Å². The average molecular weight is 487 g/mol. The van der Waals surface area contributed by atoms with Crippen LogP contribution >= 0.6 is 7.67 Å². The number of carbonyl (C=O) groups is 2. The second-order valence-electron chi connectivity index (χ2n) is 8.87. The van der Waals surface area contributed by atoms with Crippen molar-refractivity contribution >= 4 is 25.6 Å². The van der Waals surface area contributed by atoms with E-state index in [0.717, 1.165) is 0 Å². The fraction of sp³-hybridized carbons (Fsp3) is 0.571. The maximum Gasteiger partial charge on any atom is 0.442 e. The van der Waals surface area contributed by atoms with Crippen molar-refractivity contribution < 1.29 is 33.4 Å². The Morgan fingerprint density at radius 2 is 1.79 bits per heavy atom. The van der Waals surface area contributed by atoms with E-state index in [2.05, 4.69) is 9.85 Å². The molecule has 33 heavy (non-hydrogen) atoms. The molecule has 0 aliphatic rings. The quantitative estimate of drug-likeness (QED) is 0.149. The number of nitrogens with zero attached hydrogens (tertiary/aromatic N) is 2. The predicted molar refractivity (Wildman–Crippen MR) is 124 cm³/mol. The fourth-order valence-corrected chi connectivity index (χ4v) is 3.85. The monoisotopic (exact) mass is 486 g/mol. The van der Waals surface area contributed by atoms with Crippen molar-refractivity contribution in [3.8, 4) is 5.75 Å². The molecule has 0 aromatic heterocycles. The molecule has 3 N–H and O–H groups in total. The van der Waals surface area contributed by atoms with Gasteiger partial charge in [-0.2, -0.15) is 0 Å². The van der Waals surface area contributed by atoms with Crippen LogP contribution in [0.15, 0.2) is 35.1 Å². The number of hydroxylamine groups is 1. The number of hydrogen-bond donors (Lipinski definition) is 3. The average Bonchev–Trinajstić information content (AvgIpc) is 2.70. The molecule has 1 aromatic carbocycles. The van der Waals surface area contributed by atoms with Gasteiger partial charge in [0.2, 0.25) is 5.96 Å². The molecule has 0 bridgehead atoms. The number of carbonyl (C=O) groups excluding carboxylic acids is 2. The predicted octanol–water partition coefficient (Wildman–Crippen LogP) is 2.96. The van der Waals surface area contributed by atoms with E-state index in [1.807, 2.05) is 26.3 Å². The van der Waals surface area contributed by atoms with E-state index in [-0.39, 0.29) is 36.4 Å². The van der Waals surface area contributed by atoms with Crippen LogP contribution in [-0.2, 0) is 23.6 Å². The number of ether oxygens (including phenoxy) is 2. The summed E-state index contributed by atoms with van der Waals surface area (Å²) in [5.41, 5.74) is 1.60. The number of hydrogen-bond acceptors (Lipinski definition) is 7. The Morgan fingerprint density at radius 1 is 1.18 bits per heavy atom. The summed E-state index contributed by atoms with van der Waals surface area (Å²) in [6, 6.07) is 7.15. The highest BCUT2D eigenvalue weighted by Gasteiger charge is 2.32. The standard InChI is InChI=1S/C21H35N4O7P/c1-15(2)31-19(27)16(3)23-33(29,32-17-11-9-8-10-12-17)24-20(22-28)25(7)13-18(26)30-14-21(4,5)6/h8-12,15-16,28H,13-14H2,1-7H3,(H2,22,23,24,29). The minimum atomic E-state index is -4.19. The molecule has 0 aliphatic heterocycles. The van der Waals surface area contributed by atoms with Crippen LogP contribution in [0.2, 0.25) is 0 Å². The summed E-state index contributed by atoms with van der Waals surface area (Å²) < 4.78 is 33.5. The lowest BCUT2D eigenvalue weighted by atomic mass is 9.99. The van der Waals surface area contributed by atoms with Crippen LogP contribution in [0.3, 0.4) is 0 Å². The lowest BCUT2D eigenvalue weighted by molar-refractivity contribution is -0.149. The number of likely N-dealkylation sites (N-methyl/N-ethyl adjacent to an activating group) is 1. The maximum atomic E-state index is 13.6. The van der Waals surface area contributed by atoms with Crippen molar-refractivity contribution in [1.82, 2.24) is 15.5 Å². The number of esters is 2. The van der Waals surface area contributed by atoms with Gasteiger partial charge in [-0.3, -0.25) is 14.8 Å². The summed E-state index contributed by atoms with van der Waals surface area (Å²) in [5.74, 6) is -1.35. The minimum absolute atomic E-state index is 0.200. The third kappa shape index (κ3) is 11.2. The Balaban J connectivity index is 3.11. The second kappa shape index (κ2) is 12.6. The molecule has 0 saturated heterocycles. The van der Waals surface area contributed by atoms with Crippen LogP contribution in [-0.4, -0.2) is 60.4 Å². The zero-order valence-corrected chi connectivity index (χ0v) is 21.1. The van der Waals surface area contributed by atoms with Crippen LogP contribution in [0, 0.1) is 5.41 Å². The van der Waals surface area contributed by atoms with E-state index >= 15 is 0 Å². The van der Waals surface area contributed by atoms with Gasteiger partial charge in [-0.05, 0) is 38.3 Å². The van der Waals surface area contributed by atoms with Gasteiger partial charge in [0.05, 0.1) is 12.7 Å². The first kappa shape index (κ1) is 28.4. The number of benzene rings is 1. The second-order valence-corrected chi connectivity index (χ2v) is 10.6. The van der Waals surface area contributed by atoms with E-state index in [9.17, 15) is 19.4 Å². The van der Waals surface area contributed by atoms with Gasteiger partial charge in [0, 0.05) is 7.05 Å². The topological polar surface area (TPSA) is 139 Å². The summed E-state index contributed by atoms with van der Waals surface area (Å²) in [6.07, 6.45) is -0.375. The molecule has 0 heterocycles. The lowest BCUT2D eigenvalue weighted by Gasteiger charge is -2.24.